The van der Waals surface area contributed by atoms with E-state index >= 15 is 0 Å². The van der Waals surface area contributed by atoms with Gasteiger partial charge in [-0.25, -0.2) is 4.98 Å². The van der Waals surface area contributed by atoms with Gasteiger partial charge in [0.1, 0.15) is 0 Å². The number of carbonyl (C=O) groups excluding carboxylic acids is 1. The van der Waals surface area contributed by atoms with Crippen molar-refractivity contribution in [3.05, 3.63) is 53.9 Å². The second-order valence-electron chi connectivity index (χ2n) is 7.25. The summed E-state index contributed by atoms with van der Waals surface area (Å²) < 4.78 is 56.8. The summed E-state index contributed by atoms with van der Waals surface area (Å²) in [4.78, 5) is 18.8. The van der Waals surface area contributed by atoms with E-state index in [1.807, 2.05) is 0 Å². The number of hydrogen-bond donors (Lipinski definition) is 0. The molecular weight excluding hydrogens is 447 g/mol. The van der Waals surface area contributed by atoms with Crippen LogP contribution in [0.25, 0.3) is 21.7 Å². The van der Waals surface area contributed by atoms with Crippen molar-refractivity contribution in [2.45, 2.75) is 25.1 Å². The number of amides is 1. The minimum absolute atomic E-state index is 0.00954. The highest BCUT2D eigenvalue weighted by Crippen LogP contribution is 2.39. The maximum atomic E-state index is 13.4. The zero-order valence-electron chi connectivity index (χ0n) is 16.5. The van der Waals surface area contributed by atoms with Gasteiger partial charge in [0.05, 0.1) is 34.7 Å². The van der Waals surface area contributed by atoms with Crippen LogP contribution in [-0.2, 0) is 10.9 Å². The van der Waals surface area contributed by atoms with Crippen LogP contribution in [-0.4, -0.2) is 35.3 Å². The number of nitrogens with zero attached hydrogens (tertiary/aromatic N) is 3. The van der Waals surface area contributed by atoms with Crippen LogP contribution in [0.2, 0.25) is 0 Å². The van der Waals surface area contributed by atoms with Gasteiger partial charge in [0.15, 0.2) is 16.6 Å². The van der Waals surface area contributed by atoms with Crippen LogP contribution in [0.3, 0.4) is 0 Å². The summed E-state index contributed by atoms with van der Waals surface area (Å²) in [5.74, 6) is 0.116. The molecule has 4 aromatic rings. The van der Waals surface area contributed by atoms with E-state index in [4.69, 9.17) is 13.7 Å². The van der Waals surface area contributed by atoms with E-state index in [0.29, 0.717) is 17.1 Å². The second kappa shape index (κ2) is 8.06. The SMILES string of the molecule is O=C(c1cc(-c2ccco2)on1)N(CC1CCCO1)c1nc2c(C(F)(F)F)cccc2s1. The van der Waals surface area contributed by atoms with Gasteiger partial charge in [-0.05, 0) is 37.1 Å². The van der Waals surface area contributed by atoms with E-state index in [2.05, 4.69) is 10.1 Å². The Morgan fingerprint density at radius 2 is 2.09 bits per heavy atom. The molecule has 5 rings (SSSR count). The van der Waals surface area contributed by atoms with Gasteiger partial charge < -0.3 is 13.7 Å². The largest absolute Gasteiger partial charge is 0.461 e. The van der Waals surface area contributed by atoms with Crippen molar-refractivity contribution < 1.29 is 31.6 Å². The first-order valence-electron chi connectivity index (χ1n) is 9.81. The van der Waals surface area contributed by atoms with E-state index in [9.17, 15) is 18.0 Å². The van der Waals surface area contributed by atoms with Crippen LogP contribution in [0.5, 0.6) is 0 Å². The monoisotopic (exact) mass is 463 g/mol. The molecule has 0 saturated carbocycles. The predicted molar refractivity (Wildman–Crippen MR) is 109 cm³/mol. The summed E-state index contributed by atoms with van der Waals surface area (Å²) >= 11 is 1.01. The topological polar surface area (TPSA) is 81.6 Å². The van der Waals surface area contributed by atoms with Crippen LogP contribution in [0.4, 0.5) is 18.3 Å². The molecule has 166 valence electrons. The maximum absolute atomic E-state index is 13.4. The van der Waals surface area contributed by atoms with Crippen LogP contribution >= 0.6 is 11.3 Å². The molecule has 0 bridgehead atoms. The van der Waals surface area contributed by atoms with Gasteiger partial charge in [-0.3, -0.25) is 9.69 Å². The summed E-state index contributed by atoms with van der Waals surface area (Å²) in [5, 5.41) is 3.97. The van der Waals surface area contributed by atoms with Crippen LogP contribution in [0.1, 0.15) is 28.9 Å². The third kappa shape index (κ3) is 3.89. The molecule has 1 aliphatic rings. The Balaban J connectivity index is 1.53. The van der Waals surface area contributed by atoms with Crippen molar-refractivity contribution in [1.82, 2.24) is 10.1 Å². The Kier molecular flexibility index (Phi) is 5.22. The number of furan rings is 1. The predicted octanol–water partition coefficient (Wildman–Crippen LogP) is 5.39. The molecule has 3 aromatic heterocycles. The Labute approximate surface area is 183 Å². The third-order valence-corrected chi connectivity index (χ3v) is 6.14. The highest BCUT2D eigenvalue weighted by atomic mass is 32.1. The minimum Gasteiger partial charge on any atom is -0.461 e. The molecule has 1 saturated heterocycles. The molecule has 1 amide bonds. The lowest BCUT2D eigenvalue weighted by atomic mass is 10.2. The zero-order valence-corrected chi connectivity index (χ0v) is 17.3. The van der Waals surface area contributed by atoms with E-state index in [1.165, 1.54) is 23.3 Å². The molecule has 1 unspecified atom stereocenters. The molecular formula is C21H16F3N3O4S. The Bertz CT molecular complexity index is 1240. The Hall–Kier alpha value is -3.18. The molecule has 0 aliphatic carbocycles. The van der Waals surface area contributed by atoms with Gasteiger partial charge in [-0.2, -0.15) is 13.2 Å². The van der Waals surface area contributed by atoms with Gasteiger partial charge in [-0.15, -0.1) is 0 Å². The Morgan fingerprint density at radius 3 is 2.81 bits per heavy atom. The molecule has 0 radical (unpaired) electrons. The molecule has 1 atom stereocenters. The molecule has 7 nitrogen and oxygen atoms in total. The van der Waals surface area contributed by atoms with E-state index < -0.39 is 17.6 Å². The van der Waals surface area contributed by atoms with Crippen LogP contribution in [0.15, 0.2) is 51.6 Å². The summed E-state index contributed by atoms with van der Waals surface area (Å²) in [6.07, 6.45) is -1.76. The fourth-order valence-electron chi connectivity index (χ4n) is 3.57. The van der Waals surface area contributed by atoms with Gasteiger partial charge in [0.2, 0.25) is 5.76 Å². The lowest BCUT2D eigenvalue weighted by Crippen LogP contribution is -2.37. The molecule has 0 spiro atoms. The number of thiazole rings is 1. The summed E-state index contributed by atoms with van der Waals surface area (Å²) in [6, 6.07) is 8.61. The molecule has 1 fully saturated rings. The van der Waals surface area contributed by atoms with Crippen molar-refractivity contribution in [3.63, 3.8) is 0 Å². The van der Waals surface area contributed by atoms with E-state index in [-0.39, 0.29) is 34.8 Å². The number of carbonyl (C=O) groups is 1. The second-order valence-corrected chi connectivity index (χ2v) is 8.26. The molecule has 11 heteroatoms. The quantitative estimate of drug-likeness (QED) is 0.395. The molecule has 32 heavy (non-hydrogen) atoms. The first kappa shape index (κ1) is 20.7. The van der Waals surface area contributed by atoms with Gasteiger partial charge in [0, 0.05) is 12.7 Å². The number of benzene rings is 1. The molecule has 1 aliphatic heterocycles. The number of alkyl halides is 3. The maximum Gasteiger partial charge on any atom is 0.418 e. The summed E-state index contributed by atoms with van der Waals surface area (Å²) in [6.45, 7) is 0.709. The number of ether oxygens (including phenoxy) is 1. The van der Waals surface area contributed by atoms with Gasteiger partial charge in [0.25, 0.3) is 5.91 Å². The lowest BCUT2D eigenvalue weighted by molar-refractivity contribution is -0.136. The zero-order chi connectivity index (χ0) is 22.3. The molecule has 0 N–H and O–H groups in total. The summed E-state index contributed by atoms with van der Waals surface area (Å²) in [7, 11) is 0. The van der Waals surface area contributed by atoms with E-state index in [0.717, 1.165) is 30.2 Å². The molecule has 4 heterocycles. The van der Waals surface area contributed by atoms with Crippen molar-refractivity contribution in [1.29, 1.82) is 0 Å². The standard InChI is InChI=1S/C21H16F3N3O4S/c22-21(23,24)13-5-1-7-17-18(13)25-20(32-17)27(11-12-4-2-8-29-12)19(28)14-10-16(31-26-14)15-6-3-9-30-15/h1,3,5-7,9-10,12H,2,4,8,11H2. The fourth-order valence-corrected chi connectivity index (χ4v) is 4.57. The Morgan fingerprint density at radius 1 is 1.22 bits per heavy atom. The summed E-state index contributed by atoms with van der Waals surface area (Å²) in [5.41, 5.74) is -1.05. The van der Waals surface area contributed by atoms with E-state index in [1.54, 1.807) is 18.2 Å². The normalized spacial score (nSPS) is 16.7. The number of aromatic nitrogens is 2. The number of halogens is 3. The smallest absolute Gasteiger partial charge is 0.418 e. The minimum atomic E-state index is -4.56. The third-order valence-electron chi connectivity index (χ3n) is 5.09. The number of rotatable bonds is 5. The average molecular weight is 463 g/mol. The number of para-hydroxylation sites is 1. The van der Waals surface area contributed by atoms with Crippen molar-refractivity contribution in [2.24, 2.45) is 0 Å². The molecule has 1 aromatic carbocycles. The number of hydrogen-bond acceptors (Lipinski definition) is 7. The van der Waals surface area contributed by atoms with Crippen LogP contribution < -0.4 is 4.90 Å². The first-order valence-corrected chi connectivity index (χ1v) is 10.6. The van der Waals surface area contributed by atoms with Crippen LogP contribution in [0, 0.1) is 0 Å². The number of fused-ring (bicyclic) bond motifs is 1. The number of anilines is 1. The van der Waals surface area contributed by atoms with Gasteiger partial charge >= 0.3 is 6.18 Å². The van der Waals surface area contributed by atoms with Crippen molar-refractivity contribution in [2.75, 3.05) is 18.1 Å². The van der Waals surface area contributed by atoms with Gasteiger partial charge in [-0.1, -0.05) is 22.6 Å². The first-order chi connectivity index (χ1) is 15.4. The fraction of sp³-hybridized carbons (Fsp3) is 0.286. The lowest BCUT2D eigenvalue weighted by Gasteiger charge is -2.22. The van der Waals surface area contributed by atoms with Crippen molar-refractivity contribution in [3.8, 4) is 11.5 Å². The highest BCUT2D eigenvalue weighted by Gasteiger charge is 2.35. The van der Waals surface area contributed by atoms with Crippen molar-refractivity contribution >= 4 is 32.6 Å². The average Bonchev–Trinajstić information content (AvgIpc) is 3.55. The highest BCUT2D eigenvalue weighted by molar-refractivity contribution is 7.22.